The maximum absolute atomic E-state index is 13.4. The fourth-order valence-corrected chi connectivity index (χ4v) is 3.53. The predicted molar refractivity (Wildman–Crippen MR) is 116 cm³/mol. The average Bonchev–Trinajstić information content (AvgIpc) is 2.77. The monoisotopic (exact) mass is 449 g/mol. The topological polar surface area (TPSA) is 159 Å². The molecule has 0 amide bonds. The Balaban J connectivity index is 2.08. The second-order valence-corrected chi connectivity index (χ2v) is 7.09. The summed E-state index contributed by atoms with van der Waals surface area (Å²) in [6, 6.07) is 3.19. The van der Waals surface area contributed by atoms with Crippen LogP contribution < -0.4 is 10.9 Å². The molecule has 2 aromatic carbocycles. The van der Waals surface area contributed by atoms with Crippen molar-refractivity contribution in [2.24, 2.45) is 7.05 Å². The fourth-order valence-electron chi connectivity index (χ4n) is 3.53. The summed E-state index contributed by atoms with van der Waals surface area (Å²) in [5.74, 6) is -1.71. The van der Waals surface area contributed by atoms with Crippen LogP contribution in [0.5, 0.6) is 23.0 Å². The van der Waals surface area contributed by atoms with Gasteiger partial charge in [0.1, 0.15) is 17.4 Å². The molecule has 0 aliphatic heterocycles. The van der Waals surface area contributed by atoms with Crippen molar-refractivity contribution in [2.45, 2.75) is 0 Å². The van der Waals surface area contributed by atoms with Gasteiger partial charge in [0.2, 0.25) is 5.43 Å². The lowest BCUT2D eigenvalue weighted by Gasteiger charge is -2.12. The van der Waals surface area contributed by atoms with Crippen molar-refractivity contribution < 1.29 is 34.4 Å². The number of carbonyl (C=O) groups is 1. The van der Waals surface area contributed by atoms with Gasteiger partial charge in [-0.1, -0.05) is 5.92 Å². The van der Waals surface area contributed by atoms with Crippen LogP contribution in [0.3, 0.4) is 0 Å². The van der Waals surface area contributed by atoms with E-state index in [1.54, 1.807) is 7.05 Å². The third-order valence-electron chi connectivity index (χ3n) is 5.08. The molecule has 166 valence electrons. The SMILES string of the molecule is C#CCOC(=O)c1c(O)c(O)cc2occ(-c3cn(C)c4cc(O)c(O)cc4c3=O)c(=O)c12. The highest BCUT2D eigenvalue weighted by molar-refractivity contribution is 6.07. The van der Waals surface area contributed by atoms with E-state index >= 15 is 0 Å². The number of terminal acetylenes is 1. The summed E-state index contributed by atoms with van der Waals surface area (Å²) in [4.78, 5) is 39.0. The molecule has 0 saturated heterocycles. The zero-order chi connectivity index (χ0) is 24.0. The van der Waals surface area contributed by atoms with Gasteiger partial charge in [0.05, 0.1) is 27.4 Å². The number of hydrogen-bond donors (Lipinski definition) is 4. The summed E-state index contributed by atoms with van der Waals surface area (Å²) in [5, 5.41) is 39.3. The van der Waals surface area contributed by atoms with Crippen LogP contribution in [0.2, 0.25) is 0 Å². The largest absolute Gasteiger partial charge is 0.504 e. The molecule has 33 heavy (non-hydrogen) atoms. The first-order chi connectivity index (χ1) is 15.6. The van der Waals surface area contributed by atoms with Gasteiger partial charge in [0.25, 0.3) is 0 Å². The molecule has 4 rings (SSSR count). The quantitative estimate of drug-likeness (QED) is 0.208. The van der Waals surface area contributed by atoms with E-state index in [0.717, 1.165) is 18.4 Å². The highest BCUT2D eigenvalue weighted by Gasteiger charge is 2.26. The summed E-state index contributed by atoms with van der Waals surface area (Å²) >= 11 is 0. The average molecular weight is 449 g/mol. The number of phenols is 4. The van der Waals surface area contributed by atoms with Gasteiger partial charge < -0.3 is 34.1 Å². The van der Waals surface area contributed by atoms with Crippen LogP contribution in [0.1, 0.15) is 10.4 Å². The molecule has 2 heterocycles. The van der Waals surface area contributed by atoms with Crippen molar-refractivity contribution in [3.63, 3.8) is 0 Å². The van der Waals surface area contributed by atoms with Gasteiger partial charge in [-0.2, -0.15) is 0 Å². The second-order valence-electron chi connectivity index (χ2n) is 7.09. The first-order valence-electron chi connectivity index (χ1n) is 9.32. The Labute approximate surface area is 184 Å². The van der Waals surface area contributed by atoms with E-state index in [9.17, 15) is 34.8 Å². The number of esters is 1. The summed E-state index contributed by atoms with van der Waals surface area (Å²) in [7, 11) is 1.55. The minimum Gasteiger partial charge on any atom is -0.504 e. The van der Waals surface area contributed by atoms with Crippen molar-refractivity contribution in [1.29, 1.82) is 0 Å². The maximum Gasteiger partial charge on any atom is 0.343 e. The molecule has 0 atom stereocenters. The summed E-state index contributed by atoms with van der Waals surface area (Å²) in [6.45, 7) is -0.456. The summed E-state index contributed by atoms with van der Waals surface area (Å²) < 4.78 is 11.7. The maximum atomic E-state index is 13.4. The minimum atomic E-state index is -1.18. The van der Waals surface area contributed by atoms with Crippen molar-refractivity contribution >= 4 is 27.8 Å². The fraction of sp³-hybridized carbons (Fsp3) is 0.0870. The molecule has 0 saturated carbocycles. The number of aryl methyl sites for hydroxylation is 1. The van der Waals surface area contributed by atoms with Crippen molar-refractivity contribution in [1.82, 2.24) is 4.57 Å². The molecule has 0 aliphatic carbocycles. The van der Waals surface area contributed by atoms with E-state index < -0.39 is 57.4 Å². The van der Waals surface area contributed by atoms with Gasteiger partial charge in [0, 0.05) is 25.4 Å². The Morgan fingerprint density at radius 3 is 2.45 bits per heavy atom. The summed E-state index contributed by atoms with van der Waals surface area (Å²) in [5.41, 5.74) is -2.55. The normalized spacial score (nSPS) is 10.9. The summed E-state index contributed by atoms with van der Waals surface area (Å²) in [6.07, 6.45) is 7.36. The molecule has 10 nitrogen and oxygen atoms in total. The van der Waals surface area contributed by atoms with Crippen molar-refractivity contribution in [2.75, 3.05) is 6.61 Å². The molecule has 0 spiro atoms. The van der Waals surface area contributed by atoms with Crippen LogP contribution in [-0.2, 0) is 11.8 Å². The molecule has 0 unspecified atom stereocenters. The lowest BCUT2D eigenvalue weighted by Crippen LogP contribution is -2.17. The predicted octanol–water partition coefficient (Wildman–Crippen LogP) is 1.92. The van der Waals surface area contributed by atoms with Crippen molar-refractivity contribution in [3.8, 4) is 46.5 Å². The number of fused-ring (bicyclic) bond motifs is 2. The second kappa shape index (κ2) is 7.65. The lowest BCUT2D eigenvalue weighted by molar-refractivity contribution is 0.0555. The molecule has 0 radical (unpaired) electrons. The number of nitrogens with zero attached hydrogens (tertiary/aromatic N) is 1. The Bertz CT molecular complexity index is 1640. The highest BCUT2D eigenvalue weighted by atomic mass is 16.5. The van der Waals surface area contributed by atoms with E-state index in [2.05, 4.69) is 5.92 Å². The van der Waals surface area contributed by atoms with Gasteiger partial charge >= 0.3 is 5.97 Å². The molecule has 0 bridgehead atoms. The van der Waals surface area contributed by atoms with Crippen LogP contribution in [0, 0.1) is 12.3 Å². The standard InChI is InChI=1S/C23H15NO9/c1-3-4-32-23(31)19-18-17(7-16(27)22(19)30)33-9-12(21(18)29)11-8-24(2)13-6-15(26)14(25)5-10(13)20(11)28/h1,5-9,25-27,30H,4H2,2H3. The molecule has 2 aromatic heterocycles. The van der Waals surface area contributed by atoms with Gasteiger partial charge in [-0.3, -0.25) is 9.59 Å². The van der Waals surface area contributed by atoms with Crippen LogP contribution >= 0.6 is 0 Å². The Hall–Kier alpha value is -4.91. The lowest BCUT2D eigenvalue weighted by atomic mass is 10.0. The highest BCUT2D eigenvalue weighted by Crippen LogP contribution is 2.36. The van der Waals surface area contributed by atoms with Crippen LogP contribution in [0.15, 0.2) is 44.7 Å². The molecular formula is C23H15NO9. The number of hydrogen-bond acceptors (Lipinski definition) is 9. The molecule has 4 N–H and O–H groups in total. The van der Waals surface area contributed by atoms with Crippen LogP contribution in [-0.4, -0.2) is 37.6 Å². The third-order valence-corrected chi connectivity index (χ3v) is 5.08. The molecule has 4 aromatic rings. The zero-order valence-corrected chi connectivity index (χ0v) is 16.9. The Morgan fingerprint density at radius 2 is 1.76 bits per heavy atom. The number of aromatic hydroxyl groups is 4. The van der Waals surface area contributed by atoms with Gasteiger partial charge in [-0.25, -0.2) is 4.79 Å². The molecule has 0 fully saturated rings. The third kappa shape index (κ3) is 3.28. The number of phenolic OH excluding ortho intramolecular Hbond substituents is 4. The first kappa shape index (κ1) is 21.3. The molecular weight excluding hydrogens is 434 g/mol. The Morgan fingerprint density at radius 1 is 1.06 bits per heavy atom. The number of pyridine rings is 1. The minimum absolute atomic E-state index is 0.00648. The van der Waals surface area contributed by atoms with Gasteiger partial charge in [0.15, 0.2) is 35.0 Å². The number of aromatic nitrogens is 1. The number of benzene rings is 2. The number of rotatable bonds is 3. The molecule has 10 heteroatoms. The van der Waals surface area contributed by atoms with E-state index in [1.165, 1.54) is 16.8 Å². The van der Waals surface area contributed by atoms with Crippen LogP contribution in [0.25, 0.3) is 33.0 Å². The smallest absolute Gasteiger partial charge is 0.343 e. The number of ether oxygens (including phenoxy) is 1. The van der Waals surface area contributed by atoms with E-state index in [0.29, 0.717) is 0 Å². The molecule has 0 aliphatic rings. The van der Waals surface area contributed by atoms with Crippen LogP contribution in [0.4, 0.5) is 0 Å². The van der Waals surface area contributed by atoms with E-state index in [1.807, 2.05) is 0 Å². The van der Waals surface area contributed by atoms with Gasteiger partial charge in [-0.05, 0) is 6.07 Å². The number of carbonyl (C=O) groups excluding carboxylic acids is 1. The van der Waals surface area contributed by atoms with E-state index in [-0.39, 0.29) is 27.6 Å². The first-order valence-corrected chi connectivity index (χ1v) is 9.32. The Kier molecular flexibility index (Phi) is 4.95. The van der Waals surface area contributed by atoms with Gasteiger partial charge in [-0.15, -0.1) is 6.42 Å². The van der Waals surface area contributed by atoms with Crippen molar-refractivity contribution in [3.05, 3.63) is 56.7 Å². The zero-order valence-electron chi connectivity index (χ0n) is 16.9. The van der Waals surface area contributed by atoms with E-state index in [4.69, 9.17) is 15.6 Å².